The third kappa shape index (κ3) is 3.30. The maximum Gasteiger partial charge on any atom is 0.226 e. The van der Waals surface area contributed by atoms with Gasteiger partial charge in [-0.15, -0.1) is 0 Å². The van der Waals surface area contributed by atoms with Gasteiger partial charge in [-0.05, 0) is 60.2 Å². The van der Waals surface area contributed by atoms with E-state index < -0.39 is 0 Å². The summed E-state index contributed by atoms with van der Waals surface area (Å²) in [6.07, 6.45) is 3.39. The molecule has 0 bridgehead atoms. The van der Waals surface area contributed by atoms with Gasteiger partial charge in [0, 0.05) is 26.1 Å². The lowest BCUT2D eigenvalue weighted by atomic mass is 9.91. The van der Waals surface area contributed by atoms with E-state index in [2.05, 4.69) is 22.1 Å². The molecule has 0 aromatic carbocycles. The molecule has 21 heavy (non-hydrogen) atoms. The van der Waals surface area contributed by atoms with Crippen molar-refractivity contribution in [2.24, 2.45) is 11.3 Å². The Morgan fingerprint density at radius 1 is 1.52 bits per heavy atom. The summed E-state index contributed by atoms with van der Waals surface area (Å²) in [6.45, 7) is 4.14. The van der Waals surface area contributed by atoms with Gasteiger partial charge in [0.25, 0.3) is 0 Å². The zero-order valence-electron chi connectivity index (χ0n) is 12.6. The van der Waals surface area contributed by atoms with Crippen LogP contribution in [-0.2, 0) is 16.1 Å². The highest BCUT2D eigenvalue weighted by atomic mass is 32.1. The molecule has 1 saturated carbocycles. The molecule has 1 aliphatic heterocycles. The Balaban J connectivity index is 1.63. The van der Waals surface area contributed by atoms with Crippen molar-refractivity contribution >= 4 is 17.2 Å². The van der Waals surface area contributed by atoms with Gasteiger partial charge in [-0.2, -0.15) is 11.3 Å². The molecule has 1 aromatic heterocycles. The second kappa shape index (κ2) is 6.46. The van der Waals surface area contributed by atoms with E-state index in [1.807, 2.05) is 4.90 Å². The SMILES string of the molecule is COCCN(Cc1ccsc1)C(=O)[C@H]1CC12CCNCC2. The molecule has 0 unspecified atom stereocenters. The van der Waals surface area contributed by atoms with Gasteiger partial charge < -0.3 is 15.0 Å². The van der Waals surface area contributed by atoms with Gasteiger partial charge in [-0.25, -0.2) is 0 Å². The smallest absolute Gasteiger partial charge is 0.226 e. The zero-order valence-corrected chi connectivity index (χ0v) is 13.5. The topological polar surface area (TPSA) is 41.6 Å². The molecule has 116 valence electrons. The van der Waals surface area contributed by atoms with Gasteiger partial charge in [-0.3, -0.25) is 4.79 Å². The first-order valence-electron chi connectivity index (χ1n) is 7.75. The van der Waals surface area contributed by atoms with Crippen LogP contribution in [-0.4, -0.2) is 44.2 Å². The standard InChI is InChI=1S/C16H24N2O2S/c1-20-8-7-18(11-13-2-9-21-12-13)15(19)14-10-16(14)3-5-17-6-4-16/h2,9,12,14,17H,3-8,10-11H2,1H3/t14-/m1/s1. The first-order chi connectivity index (χ1) is 10.2. The van der Waals surface area contributed by atoms with E-state index in [-0.39, 0.29) is 5.92 Å². The lowest BCUT2D eigenvalue weighted by Gasteiger charge is -2.27. The average Bonchev–Trinajstić information content (AvgIpc) is 2.96. The monoisotopic (exact) mass is 308 g/mol. The van der Waals surface area contributed by atoms with E-state index in [4.69, 9.17) is 4.74 Å². The van der Waals surface area contributed by atoms with Crippen molar-refractivity contribution in [2.45, 2.75) is 25.8 Å². The van der Waals surface area contributed by atoms with Crippen molar-refractivity contribution in [3.8, 4) is 0 Å². The van der Waals surface area contributed by atoms with Crippen molar-refractivity contribution < 1.29 is 9.53 Å². The van der Waals surface area contributed by atoms with E-state index in [0.29, 0.717) is 24.5 Å². The lowest BCUT2D eigenvalue weighted by molar-refractivity contribution is -0.135. The molecule has 3 rings (SSSR count). The fraction of sp³-hybridized carbons (Fsp3) is 0.688. The van der Waals surface area contributed by atoms with Gasteiger partial charge in [0.1, 0.15) is 0 Å². The fourth-order valence-corrected chi connectivity index (χ4v) is 4.13. The third-order valence-electron chi connectivity index (χ3n) is 4.92. The zero-order chi connectivity index (χ0) is 14.7. The molecule has 1 saturated heterocycles. The average molecular weight is 308 g/mol. The summed E-state index contributed by atoms with van der Waals surface area (Å²) in [4.78, 5) is 14.9. The number of nitrogens with zero attached hydrogens (tertiary/aromatic N) is 1. The van der Waals surface area contributed by atoms with Gasteiger partial charge in [0.15, 0.2) is 0 Å². The number of hydrogen-bond donors (Lipinski definition) is 1. The van der Waals surface area contributed by atoms with Crippen LogP contribution in [0.1, 0.15) is 24.8 Å². The van der Waals surface area contributed by atoms with Crippen molar-refractivity contribution in [1.82, 2.24) is 10.2 Å². The molecule has 5 heteroatoms. The highest BCUT2D eigenvalue weighted by molar-refractivity contribution is 7.07. The Hall–Kier alpha value is -0.910. The molecular formula is C16H24N2O2S. The molecule has 1 aliphatic carbocycles. The second-order valence-electron chi connectivity index (χ2n) is 6.25. The lowest BCUT2D eigenvalue weighted by Crippen LogP contribution is -2.37. The van der Waals surface area contributed by atoms with E-state index >= 15 is 0 Å². The first-order valence-corrected chi connectivity index (χ1v) is 8.69. The van der Waals surface area contributed by atoms with Crippen molar-refractivity contribution in [3.05, 3.63) is 22.4 Å². The molecule has 1 amide bonds. The predicted octanol–water partition coefficient (Wildman–Crippen LogP) is 2.11. The van der Waals surface area contributed by atoms with E-state index in [1.165, 1.54) is 5.56 Å². The normalized spacial score (nSPS) is 23.2. The highest BCUT2D eigenvalue weighted by Crippen LogP contribution is 2.59. The molecule has 2 aliphatic rings. The Kier molecular flexibility index (Phi) is 4.62. The van der Waals surface area contributed by atoms with E-state index in [9.17, 15) is 4.79 Å². The molecule has 1 aromatic rings. The van der Waals surface area contributed by atoms with Crippen molar-refractivity contribution in [3.63, 3.8) is 0 Å². The van der Waals surface area contributed by atoms with Crippen molar-refractivity contribution in [2.75, 3.05) is 33.4 Å². The summed E-state index contributed by atoms with van der Waals surface area (Å²) in [5.74, 6) is 0.579. The quantitative estimate of drug-likeness (QED) is 0.875. The van der Waals surface area contributed by atoms with Crippen LogP contribution < -0.4 is 5.32 Å². The van der Waals surface area contributed by atoms with Crippen LogP contribution in [0.25, 0.3) is 0 Å². The minimum absolute atomic E-state index is 0.245. The number of carbonyl (C=O) groups excluding carboxylic acids is 1. The van der Waals surface area contributed by atoms with Gasteiger partial charge in [0.05, 0.1) is 6.61 Å². The number of nitrogens with one attached hydrogen (secondary N) is 1. The molecule has 1 atom stereocenters. The summed E-state index contributed by atoms with van der Waals surface area (Å²) < 4.78 is 5.18. The molecule has 2 heterocycles. The van der Waals surface area contributed by atoms with Crippen LogP contribution >= 0.6 is 11.3 Å². The van der Waals surface area contributed by atoms with Crippen LogP contribution in [0.2, 0.25) is 0 Å². The molecule has 4 nitrogen and oxygen atoms in total. The van der Waals surface area contributed by atoms with Gasteiger partial charge >= 0.3 is 0 Å². The summed E-state index contributed by atoms with van der Waals surface area (Å²) >= 11 is 1.69. The number of ether oxygens (including phenoxy) is 1. The summed E-state index contributed by atoms with van der Waals surface area (Å²) in [5.41, 5.74) is 1.53. The Labute approximate surface area is 130 Å². The van der Waals surface area contributed by atoms with Gasteiger partial charge in [-0.1, -0.05) is 0 Å². The number of thiophene rings is 1. The number of methoxy groups -OCH3 is 1. The Bertz CT molecular complexity index is 469. The maximum atomic E-state index is 12.9. The Morgan fingerprint density at radius 2 is 2.33 bits per heavy atom. The van der Waals surface area contributed by atoms with Crippen LogP contribution in [0.3, 0.4) is 0 Å². The summed E-state index contributed by atoms with van der Waals surface area (Å²) in [7, 11) is 1.69. The minimum atomic E-state index is 0.245. The summed E-state index contributed by atoms with van der Waals surface area (Å²) in [6, 6.07) is 2.10. The van der Waals surface area contributed by atoms with Crippen LogP contribution in [0.4, 0.5) is 0 Å². The second-order valence-corrected chi connectivity index (χ2v) is 7.03. The van der Waals surface area contributed by atoms with Crippen molar-refractivity contribution in [1.29, 1.82) is 0 Å². The largest absolute Gasteiger partial charge is 0.383 e. The number of hydrogen-bond acceptors (Lipinski definition) is 4. The Morgan fingerprint density at radius 3 is 3.00 bits per heavy atom. The van der Waals surface area contributed by atoms with Crippen LogP contribution in [0.5, 0.6) is 0 Å². The molecule has 1 spiro atoms. The van der Waals surface area contributed by atoms with Crippen LogP contribution in [0.15, 0.2) is 16.8 Å². The third-order valence-corrected chi connectivity index (χ3v) is 5.65. The molecule has 2 fully saturated rings. The number of amides is 1. The van der Waals surface area contributed by atoms with E-state index in [1.54, 1.807) is 18.4 Å². The van der Waals surface area contributed by atoms with Crippen LogP contribution in [0, 0.1) is 11.3 Å². The summed E-state index contributed by atoms with van der Waals surface area (Å²) in [5, 5.41) is 7.59. The maximum absolute atomic E-state index is 12.9. The number of piperidine rings is 1. The predicted molar refractivity (Wildman–Crippen MR) is 84.3 cm³/mol. The number of carbonyl (C=O) groups is 1. The molecular weight excluding hydrogens is 284 g/mol. The van der Waals surface area contributed by atoms with E-state index in [0.717, 1.165) is 38.9 Å². The minimum Gasteiger partial charge on any atom is -0.383 e. The number of rotatable bonds is 6. The van der Waals surface area contributed by atoms with Gasteiger partial charge in [0.2, 0.25) is 5.91 Å². The fourth-order valence-electron chi connectivity index (χ4n) is 3.47. The molecule has 1 N–H and O–H groups in total. The molecule has 0 radical (unpaired) electrons. The highest BCUT2D eigenvalue weighted by Gasteiger charge is 2.58. The first kappa shape index (κ1) is 15.0.